The molecule has 1 aromatic carbocycles. The Morgan fingerprint density at radius 3 is 2.44 bits per heavy atom. The van der Waals surface area contributed by atoms with Crippen LogP contribution in [0.15, 0.2) is 65.5 Å². The Morgan fingerprint density at radius 2 is 1.76 bits per heavy atom. The Hall–Kier alpha value is -3.48. The third kappa shape index (κ3) is 4.29. The summed E-state index contributed by atoms with van der Waals surface area (Å²) in [5, 5.41) is 5.29. The first-order chi connectivity index (χ1) is 12.1. The van der Waals surface area contributed by atoms with Gasteiger partial charge in [-0.15, -0.1) is 0 Å². The first-order valence-corrected chi connectivity index (χ1v) is 7.44. The highest BCUT2D eigenvalue weighted by atomic mass is 19.1. The molecule has 3 rings (SSSR count). The summed E-state index contributed by atoms with van der Waals surface area (Å²) in [6, 6.07) is 10.3. The highest BCUT2D eigenvalue weighted by Gasteiger charge is 2.12. The third-order valence-corrected chi connectivity index (χ3v) is 3.37. The van der Waals surface area contributed by atoms with Crippen LogP contribution >= 0.6 is 0 Å². The maximum absolute atomic E-state index is 12.9. The Bertz CT molecular complexity index is 877. The summed E-state index contributed by atoms with van der Waals surface area (Å²) < 4.78 is 18.0. The predicted molar refractivity (Wildman–Crippen MR) is 88.5 cm³/mol. The van der Waals surface area contributed by atoms with Gasteiger partial charge in [-0.1, -0.05) is 0 Å². The average Bonchev–Trinajstić information content (AvgIpc) is 3.15. The van der Waals surface area contributed by atoms with E-state index in [1.165, 1.54) is 49.0 Å². The second kappa shape index (κ2) is 7.39. The molecule has 126 valence electrons. The molecule has 0 aliphatic heterocycles. The molecule has 0 bridgehead atoms. The molecule has 0 spiro atoms. The molecule has 0 fully saturated rings. The maximum Gasteiger partial charge on any atom is 0.257 e. The highest BCUT2D eigenvalue weighted by molar-refractivity contribution is 6.05. The molecule has 25 heavy (non-hydrogen) atoms. The number of amides is 2. The lowest BCUT2D eigenvalue weighted by atomic mass is 10.1. The number of nitrogens with one attached hydrogen (secondary N) is 2. The maximum atomic E-state index is 12.9. The standard InChI is InChI=1S/C18H14FN3O3/c19-14-3-5-15(6-4-14)22-18(24)13-8-12(9-20-10-13)17(23)21-11-16-2-1-7-25-16/h1-10H,11H2,(H,21,23)(H,22,24). The fourth-order valence-electron chi connectivity index (χ4n) is 2.11. The number of pyridine rings is 1. The number of aromatic nitrogens is 1. The molecule has 0 aliphatic carbocycles. The monoisotopic (exact) mass is 339 g/mol. The van der Waals surface area contributed by atoms with Crippen molar-refractivity contribution in [2.45, 2.75) is 6.54 Å². The Labute approximate surface area is 142 Å². The van der Waals surface area contributed by atoms with Gasteiger partial charge in [-0.3, -0.25) is 14.6 Å². The second-order valence-electron chi connectivity index (χ2n) is 5.19. The van der Waals surface area contributed by atoms with Crippen molar-refractivity contribution in [2.24, 2.45) is 0 Å². The summed E-state index contributed by atoms with van der Waals surface area (Å²) in [5.41, 5.74) is 0.910. The lowest BCUT2D eigenvalue weighted by Gasteiger charge is -2.07. The number of carbonyl (C=O) groups excluding carboxylic acids is 2. The van der Waals surface area contributed by atoms with Crippen molar-refractivity contribution in [1.82, 2.24) is 10.3 Å². The van der Waals surface area contributed by atoms with Gasteiger partial charge in [0.15, 0.2) is 0 Å². The highest BCUT2D eigenvalue weighted by Crippen LogP contribution is 2.11. The zero-order valence-electron chi connectivity index (χ0n) is 13.0. The number of benzene rings is 1. The molecule has 0 saturated heterocycles. The van der Waals surface area contributed by atoms with Crippen molar-refractivity contribution < 1.29 is 18.4 Å². The lowest BCUT2D eigenvalue weighted by molar-refractivity contribution is 0.0947. The Morgan fingerprint density at radius 1 is 1.04 bits per heavy atom. The van der Waals surface area contributed by atoms with Gasteiger partial charge >= 0.3 is 0 Å². The van der Waals surface area contributed by atoms with Crippen LogP contribution in [-0.2, 0) is 6.54 Å². The molecule has 7 heteroatoms. The molecule has 0 saturated carbocycles. The van der Waals surface area contributed by atoms with Gasteiger partial charge in [-0.25, -0.2) is 4.39 Å². The number of hydrogen-bond acceptors (Lipinski definition) is 4. The van der Waals surface area contributed by atoms with Gasteiger partial charge in [-0.2, -0.15) is 0 Å². The first-order valence-electron chi connectivity index (χ1n) is 7.44. The molecule has 3 aromatic rings. The normalized spacial score (nSPS) is 10.3. The molecule has 2 aromatic heterocycles. The molecule has 2 N–H and O–H groups in total. The number of hydrogen-bond donors (Lipinski definition) is 2. The van der Waals surface area contributed by atoms with Crippen LogP contribution in [0.1, 0.15) is 26.5 Å². The molecule has 0 aliphatic rings. The number of rotatable bonds is 5. The summed E-state index contributed by atoms with van der Waals surface area (Å²) in [4.78, 5) is 28.3. The van der Waals surface area contributed by atoms with E-state index < -0.39 is 11.7 Å². The van der Waals surface area contributed by atoms with E-state index in [-0.39, 0.29) is 23.6 Å². The Balaban J connectivity index is 1.66. The summed E-state index contributed by atoms with van der Waals surface area (Å²) in [6.45, 7) is 0.234. The summed E-state index contributed by atoms with van der Waals surface area (Å²) >= 11 is 0. The average molecular weight is 339 g/mol. The molecule has 2 heterocycles. The van der Waals surface area contributed by atoms with Crippen LogP contribution in [0, 0.1) is 5.82 Å². The van der Waals surface area contributed by atoms with Crippen LogP contribution in [0.25, 0.3) is 0 Å². The molecule has 2 amide bonds. The van der Waals surface area contributed by atoms with Crippen molar-refractivity contribution in [3.63, 3.8) is 0 Å². The van der Waals surface area contributed by atoms with E-state index in [2.05, 4.69) is 15.6 Å². The minimum atomic E-state index is -0.445. The predicted octanol–water partition coefficient (Wildman–Crippen LogP) is 3.00. The van der Waals surface area contributed by atoms with Gasteiger partial charge in [-0.05, 0) is 42.5 Å². The molecule has 0 radical (unpaired) electrons. The van der Waals surface area contributed by atoms with E-state index in [0.717, 1.165) is 0 Å². The number of anilines is 1. The number of nitrogens with zero attached hydrogens (tertiary/aromatic N) is 1. The van der Waals surface area contributed by atoms with Crippen molar-refractivity contribution in [3.8, 4) is 0 Å². The van der Waals surface area contributed by atoms with Crippen LogP contribution in [-0.4, -0.2) is 16.8 Å². The summed E-state index contributed by atoms with van der Waals surface area (Å²) in [7, 11) is 0. The Kier molecular flexibility index (Phi) is 4.84. The van der Waals surface area contributed by atoms with Crippen molar-refractivity contribution in [3.05, 3.63) is 83.8 Å². The van der Waals surface area contributed by atoms with Gasteiger partial charge in [0.1, 0.15) is 11.6 Å². The van der Waals surface area contributed by atoms with E-state index >= 15 is 0 Å². The van der Waals surface area contributed by atoms with Crippen LogP contribution < -0.4 is 10.6 Å². The van der Waals surface area contributed by atoms with E-state index in [1.54, 1.807) is 12.1 Å². The van der Waals surface area contributed by atoms with Crippen molar-refractivity contribution in [1.29, 1.82) is 0 Å². The molecule has 6 nitrogen and oxygen atoms in total. The topological polar surface area (TPSA) is 84.2 Å². The van der Waals surface area contributed by atoms with E-state index in [0.29, 0.717) is 11.4 Å². The van der Waals surface area contributed by atoms with E-state index in [9.17, 15) is 14.0 Å². The van der Waals surface area contributed by atoms with Crippen LogP contribution in [0.4, 0.5) is 10.1 Å². The summed E-state index contributed by atoms with van der Waals surface area (Å²) in [5.74, 6) is -0.596. The third-order valence-electron chi connectivity index (χ3n) is 3.37. The molecular formula is C18H14FN3O3. The minimum absolute atomic E-state index is 0.218. The fourth-order valence-corrected chi connectivity index (χ4v) is 2.11. The number of carbonyl (C=O) groups is 2. The number of furan rings is 1. The smallest absolute Gasteiger partial charge is 0.257 e. The lowest BCUT2D eigenvalue weighted by Crippen LogP contribution is -2.23. The molecule has 0 atom stereocenters. The summed E-state index contributed by atoms with van der Waals surface area (Å²) in [6.07, 6.45) is 4.23. The fraction of sp³-hybridized carbons (Fsp3) is 0.0556. The first kappa shape index (κ1) is 16.4. The second-order valence-corrected chi connectivity index (χ2v) is 5.19. The molecular weight excluding hydrogens is 325 g/mol. The largest absolute Gasteiger partial charge is 0.467 e. The van der Waals surface area contributed by atoms with Crippen molar-refractivity contribution >= 4 is 17.5 Å². The van der Waals surface area contributed by atoms with Gasteiger partial charge in [0, 0.05) is 18.1 Å². The van der Waals surface area contributed by atoms with E-state index in [1.807, 2.05) is 0 Å². The van der Waals surface area contributed by atoms with Crippen LogP contribution in [0.3, 0.4) is 0 Å². The zero-order valence-corrected chi connectivity index (χ0v) is 13.0. The van der Waals surface area contributed by atoms with E-state index in [4.69, 9.17) is 4.42 Å². The van der Waals surface area contributed by atoms with Gasteiger partial charge in [0.25, 0.3) is 11.8 Å². The quantitative estimate of drug-likeness (QED) is 0.748. The van der Waals surface area contributed by atoms with Gasteiger partial charge < -0.3 is 15.1 Å². The van der Waals surface area contributed by atoms with Gasteiger partial charge in [0.05, 0.1) is 23.9 Å². The van der Waals surface area contributed by atoms with Crippen LogP contribution in [0.5, 0.6) is 0 Å². The van der Waals surface area contributed by atoms with Crippen LogP contribution in [0.2, 0.25) is 0 Å². The number of halogens is 1. The van der Waals surface area contributed by atoms with Gasteiger partial charge in [0.2, 0.25) is 0 Å². The molecule has 0 unspecified atom stereocenters. The minimum Gasteiger partial charge on any atom is -0.467 e. The van der Waals surface area contributed by atoms with Crippen molar-refractivity contribution in [2.75, 3.05) is 5.32 Å². The zero-order chi connectivity index (χ0) is 17.6. The SMILES string of the molecule is O=C(NCc1ccco1)c1cncc(C(=O)Nc2ccc(F)cc2)c1.